The van der Waals surface area contributed by atoms with Crippen LogP contribution in [0, 0.1) is 6.92 Å². The van der Waals surface area contributed by atoms with E-state index in [2.05, 4.69) is 10.6 Å². The molecule has 0 heterocycles. The quantitative estimate of drug-likeness (QED) is 0.687. The topological polar surface area (TPSA) is 78.5 Å². The van der Waals surface area contributed by atoms with Gasteiger partial charge in [0, 0.05) is 23.4 Å². The summed E-state index contributed by atoms with van der Waals surface area (Å²) >= 11 is 7.08. The average molecular weight is 420 g/mol. The number of carbonyl (C=O) groups excluding carboxylic acids is 3. The van der Waals surface area contributed by atoms with Gasteiger partial charge in [-0.1, -0.05) is 29.8 Å². The fourth-order valence-corrected chi connectivity index (χ4v) is 3.28. The van der Waals surface area contributed by atoms with Crippen molar-refractivity contribution >= 4 is 52.5 Å². The molecule has 2 N–H and O–H groups in total. The first-order chi connectivity index (χ1) is 13.3. The van der Waals surface area contributed by atoms with Crippen LogP contribution >= 0.6 is 23.4 Å². The van der Waals surface area contributed by atoms with E-state index in [9.17, 15) is 14.4 Å². The maximum absolute atomic E-state index is 12.1. The van der Waals surface area contributed by atoms with Crippen LogP contribution in [0.3, 0.4) is 0 Å². The van der Waals surface area contributed by atoms with E-state index >= 15 is 0 Å². The molecule has 6 nitrogen and oxygen atoms in total. The number of rotatable bonds is 8. The van der Waals surface area contributed by atoms with Crippen molar-refractivity contribution in [1.29, 1.82) is 0 Å². The monoisotopic (exact) mass is 419 g/mol. The molecule has 0 saturated heterocycles. The zero-order valence-electron chi connectivity index (χ0n) is 15.7. The summed E-state index contributed by atoms with van der Waals surface area (Å²) in [6, 6.07) is 14.3. The number of amides is 3. The number of benzene rings is 2. The van der Waals surface area contributed by atoms with Crippen molar-refractivity contribution in [3.05, 3.63) is 59.1 Å². The lowest BCUT2D eigenvalue weighted by molar-refractivity contribution is -0.131. The molecule has 0 saturated carbocycles. The van der Waals surface area contributed by atoms with Gasteiger partial charge in [-0.25, -0.2) is 0 Å². The maximum Gasteiger partial charge on any atom is 0.243 e. The fourth-order valence-electron chi connectivity index (χ4n) is 2.33. The minimum atomic E-state index is -0.319. The van der Waals surface area contributed by atoms with Crippen LogP contribution in [-0.2, 0) is 14.4 Å². The molecule has 0 fully saturated rings. The second-order valence-corrected chi connectivity index (χ2v) is 7.64. The molecule has 2 aromatic carbocycles. The number of carbonyl (C=O) groups is 3. The number of anilines is 2. The molecule has 0 aliphatic rings. The van der Waals surface area contributed by atoms with Crippen LogP contribution < -0.4 is 10.6 Å². The Morgan fingerprint density at radius 3 is 2.29 bits per heavy atom. The minimum Gasteiger partial charge on any atom is -0.336 e. The van der Waals surface area contributed by atoms with Gasteiger partial charge in [0.25, 0.3) is 0 Å². The SMILES string of the molecule is Cc1cccc(NC(=O)CSCC(=O)N(C)CC(=O)Nc2cccc(Cl)c2)c1. The van der Waals surface area contributed by atoms with Crippen molar-refractivity contribution in [2.75, 3.05) is 35.7 Å². The highest BCUT2D eigenvalue weighted by Crippen LogP contribution is 2.15. The summed E-state index contributed by atoms with van der Waals surface area (Å²) in [5.74, 6) is -0.454. The van der Waals surface area contributed by atoms with Gasteiger partial charge in [0.05, 0.1) is 18.1 Å². The lowest BCUT2D eigenvalue weighted by atomic mass is 10.2. The van der Waals surface area contributed by atoms with Crippen LogP contribution in [0.5, 0.6) is 0 Å². The fraction of sp³-hybridized carbons (Fsp3) is 0.250. The highest BCUT2D eigenvalue weighted by Gasteiger charge is 2.14. The lowest BCUT2D eigenvalue weighted by Crippen LogP contribution is -2.36. The van der Waals surface area contributed by atoms with E-state index < -0.39 is 0 Å². The summed E-state index contributed by atoms with van der Waals surface area (Å²) in [6.07, 6.45) is 0. The van der Waals surface area contributed by atoms with Crippen LogP contribution in [0.15, 0.2) is 48.5 Å². The van der Waals surface area contributed by atoms with Crippen molar-refractivity contribution in [3.8, 4) is 0 Å². The van der Waals surface area contributed by atoms with Gasteiger partial charge in [-0.3, -0.25) is 14.4 Å². The van der Waals surface area contributed by atoms with E-state index in [1.165, 1.54) is 16.7 Å². The summed E-state index contributed by atoms with van der Waals surface area (Å²) in [4.78, 5) is 37.5. The van der Waals surface area contributed by atoms with Crippen molar-refractivity contribution in [1.82, 2.24) is 4.90 Å². The van der Waals surface area contributed by atoms with Gasteiger partial charge >= 0.3 is 0 Å². The van der Waals surface area contributed by atoms with E-state index in [0.717, 1.165) is 11.3 Å². The molecule has 0 aromatic heterocycles. The molecule has 0 aliphatic heterocycles. The summed E-state index contributed by atoms with van der Waals surface area (Å²) in [5, 5.41) is 5.99. The highest BCUT2D eigenvalue weighted by molar-refractivity contribution is 8.00. The van der Waals surface area contributed by atoms with Gasteiger partial charge in [-0.05, 0) is 42.8 Å². The molecule has 0 spiro atoms. The third-order valence-electron chi connectivity index (χ3n) is 3.68. The van der Waals surface area contributed by atoms with Crippen molar-refractivity contribution in [3.63, 3.8) is 0 Å². The molecule has 0 bridgehead atoms. The van der Waals surface area contributed by atoms with E-state index in [1.807, 2.05) is 31.2 Å². The third kappa shape index (κ3) is 7.62. The standard InChI is InChI=1S/C20H22ClN3O3S/c1-14-5-3-7-16(9-14)23-19(26)12-28-13-20(27)24(2)11-18(25)22-17-8-4-6-15(21)10-17/h3-10H,11-13H2,1-2H3,(H,22,25)(H,23,26). The number of aryl methyl sites for hydroxylation is 1. The van der Waals surface area contributed by atoms with Gasteiger partial charge in [0.15, 0.2) is 0 Å². The van der Waals surface area contributed by atoms with Crippen molar-refractivity contribution in [2.24, 2.45) is 0 Å². The number of nitrogens with zero attached hydrogens (tertiary/aromatic N) is 1. The molecule has 28 heavy (non-hydrogen) atoms. The largest absolute Gasteiger partial charge is 0.336 e. The number of hydrogen-bond donors (Lipinski definition) is 2. The first-order valence-corrected chi connectivity index (χ1v) is 10.1. The van der Waals surface area contributed by atoms with E-state index in [0.29, 0.717) is 10.7 Å². The molecule has 148 valence electrons. The molecule has 2 aromatic rings. The predicted molar refractivity (Wildman–Crippen MR) is 115 cm³/mol. The molecule has 0 unspecified atom stereocenters. The Kier molecular flexibility index (Phi) is 8.35. The molecule has 0 aliphatic carbocycles. The van der Waals surface area contributed by atoms with Crippen LogP contribution in [0.1, 0.15) is 5.56 Å². The zero-order valence-corrected chi connectivity index (χ0v) is 17.3. The van der Waals surface area contributed by atoms with Crippen LogP contribution in [0.2, 0.25) is 5.02 Å². The Balaban J connectivity index is 1.70. The summed E-state index contributed by atoms with van der Waals surface area (Å²) in [7, 11) is 1.55. The Morgan fingerprint density at radius 2 is 1.61 bits per heavy atom. The normalized spacial score (nSPS) is 10.2. The van der Waals surface area contributed by atoms with E-state index in [1.54, 1.807) is 31.3 Å². The molecule has 2 rings (SSSR count). The Labute approximate surface area is 173 Å². The minimum absolute atomic E-state index is 0.0819. The third-order valence-corrected chi connectivity index (χ3v) is 4.83. The first-order valence-electron chi connectivity index (χ1n) is 8.57. The van der Waals surface area contributed by atoms with Gasteiger partial charge in [-0.2, -0.15) is 0 Å². The maximum atomic E-state index is 12.1. The van der Waals surface area contributed by atoms with Gasteiger partial charge in [0.2, 0.25) is 17.7 Å². The average Bonchev–Trinajstić information content (AvgIpc) is 2.61. The number of likely N-dealkylation sites (N-methyl/N-ethyl adjacent to an activating group) is 1. The smallest absolute Gasteiger partial charge is 0.243 e. The summed E-state index contributed by atoms with van der Waals surface area (Å²) in [5.41, 5.74) is 2.35. The van der Waals surface area contributed by atoms with E-state index in [4.69, 9.17) is 11.6 Å². The second kappa shape index (κ2) is 10.7. The van der Waals surface area contributed by atoms with Gasteiger partial charge in [0.1, 0.15) is 0 Å². The van der Waals surface area contributed by atoms with Gasteiger partial charge < -0.3 is 15.5 Å². The summed E-state index contributed by atoms with van der Waals surface area (Å²) < 4.78 is 0. The number of thioether (sulfide) groups is 1. The van der Waals surface area contributed by atoms with Crippen LogP contribution in [0.25, 0.3) is 0 Å². The van der Waals surface area contributed by atoms with Crippen LogP contribution in [-0.4, -0.2) is 47.7 Å². The summed E-state index contributed by atoms with van der Waals surface area (Å²) in [6.45, 7) is 1.86. The Bertz CT molecular complexity index is 860. The van der Waals surface area contributed by atoms with Crippen molar-refractivity contribution < 1.29 is 14.4 Å². The molecule has 8 heteroatoms. The first kappa shape index (κ1) is 21.8. The Hall–Kier alpha value is -2.51. The number of halogens is 1. The number of nitrogens with one attached hydrogen (secondary N) is 2. The Morgan fingerprint density at radius 1 is 0.964 bits per heavy atom. The molecular weight excluding hydrogens is 398 g/mol. The lowest BCUT2D eigenvalue weighted by Gasteiger charge is -2.16. The second-order valence-electron chi connectivity index (χ2n) is 6.22. The molecular formula is C20H22ClN3O3S. The predicted octanol–water partition coefficient (Wildman–Crippen LogP) is 3.42. The van der Waals surface area contributed by atoms with Crippen molar-refractivity contribution in [2.45, 2.75) is 6.92 Å². The van der Waals surface area contributed by atoms with Crippen LogP contribution in [0.4, 0.5) is 11.4 Å². The zero-order chi connectivity index (χ0) is 20.5. The van der Waals surface area contributed by atoms with Gasteiger partial charge in [-0.15, -0.1) is 11.8 Å². The molecule has 0 radical (unpaired) electrons. The molecule has 3 amide bonds. The molecule has 0 atom stereocenters. The van der Waals surface area contributed by atoms with E-state index in [-0.39, 0.29) is 35.8 Å². The highest BCUT2D eigenvalue weighted by atomic mass is 35.5. The number of hydrogen-bond acceptors (Lipinski definition) is 4.